The molecular weight excluding hydrogens is 416 g/mol. The second kappa shape index (κ2) is 8.13. The number of aromatic hydroxyl groups is 1. The van der Waals surface area contributed by atoms with Crippen LogP contribution in [0.15, 0.2) is 85.2 Å². The molecule has 0 bridgehead atoms. The molecular formula is C26H24N4OS. The van der Waals surface area contributed by atoms with Gasteiger partial charge in [0.2, 0.25) is 0 Å². The Morgan fingerprint density at radius 3 is 2.41 bits per heavy atom. The van der Waals surface area contributed by atoms with Gasteiger partial charge in [-0.05, 0) is 97.9 Å². The van der Waals surface area contributed by atoms with Gasteiger partial charge in [-0.25, -0.2) is 0 Å². The lowest BCUT2D eigenvalue weighted by Gasteiger charge is -2.29. The van der Waals surface area contributed by atoms with Gasteiger partial charge in [-0.1, -0.05) is 12.1 Å². The maximum atomic E-state index is 9.75. The number of thiocarbonyl (C=S) groups is 1. The van der Waals surface area contributed by atoms with Crippen LogP contribution in [-0.2, 0) is 0 Å². The highest BCUT2D eigenvalue weighted by molar-refractivity contribution is 7.80. The monoisotopic (exact) mass is 440 g/mol. The molecule has 0 aliphatic carbocycles. The number of hydrogen-bond donors (Lipinski definition) is 2. The lowest BCUT2D eigenvalue weighted by Crippen LogP contribution is -2.30. The van der Waals surface area contributed by atoms with Crippen molar-refractivity contribution in [1.29, 1.82) is 0 Å². The van der Waals surface area contributed by atoms with E-state index in [0.29, 0.717) is 5.11 Å². The molecule has 0 spiro atoms. The van der Waals surface area contributed by atoms with Crippen LogP contribution < -0.4 is 10.2 Å². The van der Waals surface area contributed by atoms with Crippen molar-refractivity contribution in [2.75, 3.05) is 4.90 Å². The highest BCUT2D eigenvalue weighted by atomic mass is 32.1. The zero-order chi connectivity index (χ0) is 22.2. The van der Waals surface area contributed by atoms with Crippen LogP contribution in [0.4, 0.5) is 5.69 Å². The van der Waals surface area contributed by atoms with Crippen LogP contribution in [-0.4, -0.2) is 19.8 Å². The zero-order valence-corrected chi connectivity index (χ0v) is 18.8. The number of anilines is 1. The molecule has 1 fully saturated rings. The first-order chi connectivity index (χ1) is 15.5. The van der Waals surface area contributed by atoms with E-state index in [4.69, 9.17) is 12.2 Å². The van der Waals surface area contributed by atoms with Gasteiger partial charge in [-0.3, -0.25) is 4.98 Å². The Morgan fingerprint density at radius 1 is 0.906 bits per heavy atom. The first-order valence-corrected chi connectivity index (χ1v) is 11.0. The summed E-state index contributed by atoms with van der Waals surface area (Å²) in [4.78, 5) is 6.83. The molecule has 32 heavy (non-hydrogen) atoms. The van der Waals surface area contributed by atoms with Crippen LogP contribution in [0, 0.1) is 13.8 Å². The molecule has 2 aromatic heterocycles. The lowest BCUT2D eigenvalue weighted by molar-refractivity contribution is 0.475. The first-order valence-electron chi connectivity index (χ1n) is 10.6. The quantitative estimate of drug-likeness (QED) is 0.418. The summed E-state index contributed by atoms with van der Waals surface area (Å²) < 4.78 is 2.14. The minimum Gasteiger partial charge on any atom is -0.508 e. The van der Waals surface area contributed by atoms with Crippen molar-refractivity contribution < 1.29 is 5.11 Å². The number of phenols is 1. The van der Waals surface area contributed by atoms with Crippen LogP contribution in [0.25, 0.3) is 5.69 Å². The molecule has 6 heteroatoms. The normalized spacial score (nSPS) is 18.1. The maximum Gasteiger partial charge on any atom is 0.174 e. The predicted octanol–water partition coefficient (Wildman–Crippen LogP) is 5.37. The van der Waals surface area contributed by atoms with Crippen molar-refractivity contribution in [3.63, 3.8) is 0 Å². The third kappa shape index (κ3) is 3.52. The van der Waals surface area contributed by atoms with Gasteiger partial charge >= 0.3 is 0 Å². The van der Waals surface area contributed by atoms with Gasteiger partial charge < -0.3 is 19.9 Å². The molecule has 1 aliphatic rings. The van der Waals surface area contributed by atoms with E-state index in [1.807, 2.05) is 48.8 Å². The topological polar surface area (TPSA) is 53.3 Å². The second-order valence-electron chi connectivity index (χ2n) is 8.08. The zero-order valence-electron chi connectivity index (χ0n) is 17.9. The Labute approximate surface area is 193 Å². The van der Waals surface area contributed by atoms with E-state index in [9.17, 15) is 5.11 Å². The molecule has 2 atom stereocenters. The molecule has 2 unspecified atom stereocenters. The standard InChI is InChI=1S/C26H24N4OS/c1-17-8-9-20(16-18(17)2)30-25(24(28-26(30)32)22-6-3-4-14-27-22)23-7-5-15-29(23)19-10-12-21(31)13-11-19/h3-16,24-25,31H,1-2H3,(H,28,32). The van der Waals surface area contributed by atoms with Gasteiger partial charge in [0.05, 0.1) is 11.7 Å². The van der Waals surface area contributed by atoms with E-state index in [1.54, 1.807) is 12.1 Å². The van der Waals surface area contributed by atoms with Gasteiger partial charge in [0.25, 0.3) is 0 Å². The molecule has 3 heterocycles. The Kier molecular flexibility index (Phi) is 5.15. The maximum absolute atomic E-state index is 9.75. The Balaban J connectivity index is 1.67. The van der Waals surface area contributed by atoms with Crippen molar-refractivity contribution >= 4 is 23.0 Å². The SMILES string of the molecule is Cc1ccc(N2C(=S)NC(c3ccccn3)C2c2cccn2-c2ccc(O)cc2)cc1C. The van der Waals surface area contributed by atoms with Crippen LogP contribution in [0.3, 0.4) is 0 Å². The molecule has 2 N–H and O–H groups in total. The van der Waals surface area contributed by atoms with E-state index in [2.05, 4.69) is 57.9 Å². The number of aryl methyl sites for hydroxylation is 2. The van der Waals surface area contributed by atoms with Crippen molar-refractivity contribution in [2.45, 2.75) is 25.9 Å². The average molecular weight is 441 g/mol. The summed E-state index contributed by atoms with van der Waals surface area (Å²) in [5, 5.41) is 13.9. The number of pyridine rings is 1. The van der Waals surface area contributed by atoms with Gasteiger partial charge in [-0.15, -0.1) is 0 Å². The van der Waals surface area contributed by atoms with Gasteiger partial charge in [-0.2, -0.15) is 0 Å². The molecule has 4 aromatic rings. The summed E-state index contributed by atoms with van der Waals surface area (Å²) >= 11 is 5.85. The molecule has 0 saturated carbocycles. The van der Waals surface area contributed by atoms with Gasteiger partial charge in [0, 0.05) is 29.5 Å². The Bertz CT molecular complexity index is 1270. The van der Waals surface area contributed by atoms with Crippen LogP contribution in [0.5, 0.6) is 5.75 Å². The summed E-state index contributed by atoms with van der Waals surface area (Å²) in [6.07, 6.45) is 3.85. The van der Waals surface area contributed by atoms with E-state index in [-0.39, 0.29) is 17.8 Å². The number of hydrogen-bond acceptors (Lipinski definition) is 3. The minimum absolute atomic E-state index is 0.108. The first kappa shape index (κ1) is 20.3. The largest absolute Gasteiger partial charge is 0.508 e. The molecule has 2 aromatic carbocycles. The lowest BCUT2D eigenvalue weighted by atomic mass is 10.00. The van der Waals surface area contributed by atoms with Crippen molar-refractivity contribution in [1.82, 2.24) is 14.9 Å². The number of aromatic nitrogens is 2. The molecule has 1 saturated heterocycles. The fraction of sp³-hybridized carbons (Fsp3) is 0.154. The molecule has 5 rings (SSSR count). The van der Waals surface area contributed by atoms with Crippen molar-refractivity contribution in [3.05, 3.63) is 108 Å². The summed E-state index contributed by atoms with van der Waals surface area (Å²) in [5.41, 5.74) is 6.51. The second-order valence-corrected chi connectivity index (χ2v) is 8.47. The summed E-state index contributed by atoms with van der Waals surface area (Å²) in [7, 11) is 0. The number of rotatable bonds is 4. The summed E-state index contributed by atoms with van der Waals surface area (Å²) in [6.45, 7) is 4.24. The Morgan fingerprint density at radius 2 is 1.69 bits per heavy atom. The van der Waals surface area contributed by atoms with Gasteiger partial charge in [0.1, 0.15) is 11.8 Å². The number of nitrogens with one attached hydrogen (secondary N) is 1. The molecule has 160 valence electrons. The number of phenolic OH excluding ortho intramolecular Hbond substituents is 1. The highest BCUT2D eigenvalue weighted by Crippen LogP contribution is 2.42. The van der Waals surface area contributed by atoms with Crippen LogP contribution in [0.1, 0.15) is 34.6 Å². The minimum atomic E-state index is -0.115. The summed E-state index contributed by atoms with van der Waals surface area (Å²) in [5.74, 6) is 0.245. The van der Waals surface area contributed by atoms with Crippen LogP contribution in [0.2, 0.25) is 0 Å². The van der Waals surface area contributed by atoms with E-state index in [1.165, 1.54) is 11.1 Å². The third-order valence-electron chi connectivity index (χ3n) is 6.08. The number of nitrogens with zero attached hydrogens (tertiary/aromatic N) is 3. The average Bonchev–Trinajstić information content (AvgIpc) is 3.41. The molecule has 1 aliphatic heterocycles. The predicted molar refractivity (Wildman–Crippen MR) is 131 cm³/mol. The molecule has 5 nitrogen and oxygen atoms in total. The number of benzene rings is 2. The fourth-order valence-electron chi connectivity index (χ4n) is 4.29. The Hall–Kier alpha value is -3.64. The van der Waals surface area contributed by atoms with Crippen molar-refractivity contribution in [2.24, 2.45) is 0 Å². The van der Waals surface area contributed by atoms with Crippen LogP contribution >= 0.6 is 12.2 Å². The third-order valence-corrected chi connectivity index (χ3v) is 6.39. The molecule has 0 amide bonds. The smallest absolute Gasteiger partial charge is 0.174 e. The van der Waals surface area contributed by atoms with E-state index >= 15 is 0 Å². The summed E-state index contributed by atoms with van der Waals surface area (Å²) in [6, 6.07) is 23.6. The highest BCUT2D eigenvalue weighted by Gasteiger charge is 2.42. The van der Waals surface area contributed by atoms with E-state index < -0.39 is 0 Å². The fourth-order valence-corrected chi connectivity index (χ4v) is 4.64. The van der Waals surface area contributed by atoms with Crippen molar-refractivity contribution in [3.8, 4) is 11.4 Å². The van der Waals surface area contributed by atoms with Gasteiger partial charge in [0.15, 0.2) is 5.11 Å². The molecule has 0 radical (unpaired) electrons. The van der Waals surface area contributed by atoms with E-state index in [0.717, 1.165) is 22.8 Å².